The number of piperazine rings is 1. The highest BCUT2D eigenvalue weighted by Gasteiger charge is 2.42. The topological polar surface area (TPSA) is 49.4 Å². The normalized spacial score (nSPS) is 22.7. The zero-order valence-corrected chi connectivity index (χ0v) is 13.6. The molecule has 1 aromatic carbocycles. The highest BCUT2D eigenvalue weighted by molar-refractivity contribution is 6.31. The van der Waals surface area contributed by atoms with E-state index in [1.807, 2.05) is 39.8 Å². The van der Waals surface area contributed by atoms with E-state index in [9.17, 15) is 9.59 Å². The maximum absolute atomic E-state index is 12.7. The van der Waals surface area contributed by atoms with E-state index in [-0.39, 0.29) is 17.7 Å². The van der Waals surface area contributed by atoms with Crippen LogP contribution >= 0.6 is 11.6 Å². The second-order valence-corrected chi connectivity index (χ2v) is 6.16. The quantitative estimate of drug-likeness (QED) is 0.933. The Morgan fingerprint density at radius 3 is 2.57 bits per heavy atom. The monoisotopic (exact) mass is 308 g/mol. The fraction of sp³-hybridized carbons (Fsp3) is 0.500. The summed E-state index contributed by atoms with van der Waals surface area (Å²) in [6.45, 7) is 7.64. The first kappa shape index (κ1) is 15.8. The molecule has 1 aromatic rings. The Labute approximate surface area is 130 Å². The minimum Gasteiger partial charge on any atom is -0.342 e. The average Bonchev–Trinajstić information content (AvgIpc) is 2.43. The third kappa shape index (κ3) is 2.77. The number of hydrogen-bond acceptors (Lipinski definition) is 2. The molecule has 0 aromatic heterocycles. The Kier molecular flexibility index (Phi) is 4.57. The summed E-state index contributed by atoms with van der Waals surface area (Å²) >= 11 is 6.18. The van der Waals surface area contributed by atoms with Gasteiger partial charge in [-0.05, 0) is 37.0 Å². The summed E-state index contributed by atoms with van der Waals surface area (Å²) in [4.78, 5) is 26.8. The predicted molar refractivity (Wildman–Crippen MR) is 84.5 cm³/mol. The van der Waals surface area contributed by atoms with Gasteiger partial charge in [0.1, 0.15) is 12.1 Å². The van der Waals surface area contributed by atoms with Crippen LogP contribution in [0.1, 0.15) is 32.8 Å². The van der Waals surface area contributed by atoms with Crippen LogP contribution in [0.5, 0.6) is 0 Å². The average molecular weight is 309 g/mol. The summed E-state index contributed by atoms with van der Waals surface area (Å²) in [5.41, 5.74) is 1.54. The lowest BCUT2D eigenvalue weighted by atomic mass is 9.94. The van der Waals surface area contributed by atoms with Gasteiger partial charge in [-0.25, -0.2) is 0 Å². The van der Waals surface area contributed by atoms with Gasteiger partial charge in [-0.15, -0.1) is 0 Å². The smallest absolute Gasteiger partial charge is 0.250 e. The SMILES string of the molecule is CCC1NC(=O)C(C(C)C)N(c2cccc(Cl)c2C)C1=O. The number of nitrogens with one attached hydrogen (secondary N) is 1. The van der Waals surface area contributed by atoms with Crippen molar-refractivity contribution in [3.05, 3.63) is 28.8 Å². The number of carbonyl (C=O) groups is 2. The van der Waals surface area contributed by atoms with Crippen molar-refractivity contribution in [1.82, 2.24) is 5.32 Å². The highest BCUT2D eigenvalue weighted by atomic mass is 35.5. The largest absolute Gasteiger partial charge is 0.342 e. The molecule has 0 spiro atoms. The number of benzene rings is 1. The molecule has 2 rings (SSSR count). The van der Waals surface area contributed by atoms with Gasteiger partial charge in [-0.3, -0.25) is 14.5 Å². The van der Waals surface area contributed by atoms with Crippen LogP contribution in [0.15, 0.2) is 18.2 Å². The van der Waals surface area contributed by atoms with Crippen molar-refractivity contribution in [2.24, 2.45) is 5.92 Å². The van der Waals surface area contributed by atoms with Crippen molar-refractivity contribution >= 4 is 29.1 Å². The molecule has 5 heteroatoms. The van der Waals surface area contributed by atoms with Gasteiger partial charge in [0.25, 0.3) is 0 Å². The zero-order chi connectivity index (χ0) is 15.7. The molecule has 1 heterocycles. The molecule has 0 radical (unpaired) electrons. The Morgan fingerprint density at radius 1 is 1.33 bits per heavy atom. The van der Waals surface area contributed by atoms with Crippen molar-refractivity contribution in [2.45, 2.75) is 46.2 Å². The van der Waals surface area contributed by atoms with Crippen LogP contribution in [0.4, 0.5) is 5.69 Å². The molecule has 2 atom stereocenters. The molecule has 1 saturated heterocycles. The van der Waals surface area contributed by atoms with Gasteiger partial charge in [-0.1, -0.05) is 38.4 Å². The molecule has 0 saturated carbocycles. The summed E-state index contributed by atoms with van der Waals surface area (Å²) in [6, 6.07) is 4.47. The van der Waals surface area contributed by atoms with Crippen molar-refractivity contribution < 1.29 is 9.59 Å². The third-order valence-electron chi connectivity index (χ3n) is 3.94. The van der Waals surface area contributed by atoms with Gasteiger partial charge >= 0.3 is 0 Å². The second kappa shape index (κ2) is 6.06. The Morgan fingerprint density at radius 2 is 2.00 bits per heavy atom. The number of anilines is 1. The van der Waals surface area contributed by atoms with Gasteiger partial charge in [0, 0.05) is 10.7 Å². The molecular weight excluding hydrogens is 288 g/mol. The molecular formula is C16H21ClN2O2. The van der Waals surface area contributed by atoms with E-state index in [1.54, 1.807) is 11.0 Å². The first-order valence-electron chi connectivity index (χ1n) is 7.27. The van der Waals surface area contributed by atoms with E-state index in [1.165, 1.54) is 0 Å². The molecule has 0 aliphatic carbocycles. The van der Waals surface area contributed by atoms with Crippen molar-refractivity contribution in [3.8, 4) is 0 Å². The fourth-order valence-electron chi connectivity index (χ4n) is 2.74. The molecule has 1 aliphatic heterocycles. The molecule has 1 aliphatic rings. The lowest BCUT2D eigenvalue weighted by molar-refractivity contribution is -0.134. The van der Waals surface area contributed by atoms with E-state index in [4.69, 9.17) is 11.6 Å². The lowest BCUT2D eigenvalue weighted by Crippen LogP contribution is -2.65. The molecule has 21 heavy (non-hydrogen) atoms. The van der Waals surface area contributed by atoms with E-state index < -0.39 is 12.1 Å². The van der Waals surface area contributed by atoms with E-state index in [2.05, 4.69) is 5.32 Å². The van der Waals surface area contributed by atoms with Crippen LogP contribution in [0, 0.1) is 12.8 Å². The second-order valence-electron chi connectivity index (χ2n) is 5.75. The molecule has 4 nitrogen and oxygen atoms in total. The first-order valence-corrected chi connectivity index (χ1v) is 7.64. The van der Waals surface area contributed by atoms with Crippen LogP contribution in [0.2, 0.25) is 5.02 Å². The first-order chi connectivity index (χ1) is 9.88. The predicted octanol–water partition coefficient (Wildman–Crippen LogP) is 2.91. The Hall–Kier alpha value is -1.55. The third-order valence-corrected chi connectivity index (χ3v) is 4.35. The maximum atomic E-state index is 12.7. The molecule has 114 valence electrons. The molecule has 2 amide bonds. The highest BCUT2D eigenvalue weighted by Crippen LogP contribution is 2.32. The molecule has 1 N–H and O–H groups in total. The van der Waals surface area contributed by atoms with Gasteiger partial charge in [0.05, 0.1) is 0 Å². The van der Waals surface area contributed by atoms with Gasteiger partial charge in [-0.2, -0.15) is 0 Å². The lowest BCUT2D eigenvalue weighted by Gasteiger charge is -2.41. The minimum atomic E-state index is -0.502. The van der Waals surface area contributed by atoms with E-state index >= 15 is 0 Å². The van der Waals surface area contributed by atoms with Crippen LogP contribution in [-0.2, 0) is 9.59 Å². The summed E-state index contributed by atoms with van der Waals surface area (Å²) in [7, 11) is 0. The van der Waals surface area contributed by atoms with Crippen LogP contribution in [0.25, 0.3) is 0 Å². The molecule has 0 bridgehead atoms. The zero-order valence-electron chi connectivity index (χ0n) is 12.8. The Bertz CT molecular complexity index is 571. The number of rotatable bonds is 3. The number of halogens is 1. The summed E-state index contributed by atoms with van der Waals surface area (Å²) in [5.74, 6) is -0.151. The minimum absolute atomic E-state index is 0.0186. The number of carbonyl (C=O) groups excluding carboxylic acids is 2. The number of amides is 2. The van der Waals surface area contributed by atoms with Crippen LogP contribution < -0.4 is 10.2 Å². The van der Waals surface area contributed by atoms with E-state index in [0.717, 1.165) is 11.3 Å². The van der Waals surface area contributed by atoms with Crippen LogP contribution in [-0.4, -0.2) is 23.9 Å². The summed E-state index contributed by atoms with van der Waals surface area (Å²) in [6.07, 6.45) is 0.575. The molecule has 1 fully saturated rings. The standard InChI is InChI=1S/C16H21ClN2O2/c1-5-12-16(21)19(14(9(2)3)15(20)18-12)13-8-6-7-11(17)10(13)4/h6-9,12,14H,5H2,1-4H3,(H,18,20). The van der Waals surface area contributed by atoms with Gasteiger partial charge in [0.15, 0.2) is 0 Å². The summed E-state index contributed by atoms with van der Waals surface area (Å²) < 4.78 is 0. The van der Waals surface area contributed by atoms with Crippen molar-refractivity contribution in [1.29, 1.82) is 0 Å². The van der Waals surface area contributed by atoms with Crippen molar-refractivity contribution in [2.75, 3.05) is 4.90 Å². The maximum Gasteiger partial charge on any atom is 0.250 e. The van der Waals surface area contributed by atoms with E-state index in [0.29, 0.717) is 11.4 Å². The number of hydrogen-bond donors (Lipinski definition) is 1. The van der Waals surface area contributed by atoms with Gasteiger partial charge in [0.2, 0.25) is 11.8 Å². The fourth-order valence-corrected chi connectivity index (χ4v) is 2.91. The van der Waals surface area contributed by atoms with Gasteiger partial charge < -0.3 is 5.32 Å². The van der Waals surface area contributed by atoms with Crippen molar-refractivity contribution in [3.63, 3.8) is 0 Å². The Balaban J connectivity index is 2.55. The summed E-state index contributed by atoms with van der Waals surface area (Å²) in [5, 5.41) is 3.42. The number of nitrogens with zero attached hydrogens (tertiary/aromatic N) is 1. The molecule has 2 unspecified atom stereocenters. The van der Waals surface area contributed by atoms with Crippen LogP contribution in [0.3, 0.4) is 0 Å².